The van der Waals surface area contributed by atoms with Crippen molar-refractivity contribution in [2.75, 3.05) is 13.2 Å². The van der Waals surface area contributed by atoms with E-state index in [0.29, 0.717) is 18.6 Å². The molecule has 0 spiro atoms. The fraction of sp³-hybridized carbons (Fsp3) is 0.458. The van der Waals surface area contributed by atoms with Crippen LogP contribution in [0, 0.1) is 13.8 Å². The molecule has 28 heavy (non-hydrogen) atoms. The summed E-state index contributed by atoms with van der Waals surface area (Å²) in [5.74, 6) is 0. The second-order valence-corrected chi connectivity index (χ2v) is 8.47. The van der Waals surface area contributed by atoms with Crippen molar-refractivity contribution in [2.24, 2.45) is 0 Å². The van der Waals surface area contributed by atoms with E-state index in [2.05, 4.69) is 51.7 Å². The summed E-state index contributed by atoms with van der Waals surface area (Å²) in [7, 11) is 0. The van der Waals surface area contributed by atoms with E-state index < -0.39 is 0 Å². The van der Waals surface area contributed by atoms with Gasteiger partial charge in [-0.3, -0.25) is 9.88 Å². The molecule has 2 aliphatic heterocycles. The van der Waals surface area contributed by atoms with E-state index in [0.717, 1.165) is 31.5 Å². The number of fused-ring (bicyclic) bond motifs is 6. The lowest BCUT2D eigenvalue weighted by atomic mass is 9.96. The Morgan fingerprint density at radius 2 is 2.00 bits per heavy atom. The first-order chi connectivity index (χ1) is 13.7. The Balaban J connectivity index is 1.57. The smallest absolute Gasteiger partial charge is 0.102 e. The third-order valence-corrected chi connectivity index (χ3v) is 6.71. The van der Waals surface area contributed by atoms with E-state index in [9.17, 15) is 4.39 Å². The minimum atomic E-state index is -0.250. The van der Waals surface area contributed by atoms with Crippen LogP contribution in [0.1, 0.15) is 47.0 Å². The molecule has 2 unspecified atom stereocenters. The molecular formula is C24H28FN3. The van der Waals surface area contributed by atoms with Crippen LogP contribution in [0.3, 0.4) is 0 Å². The molecule has 146 valence electrons. The highest BCUT2D eigenvalue weighted by atomic mass is 19.1. The average molecular weight is 378 g/mol. The molecule has 0 aliphatic carbocycles. The number of benzene rings is 1. The van der Waals surface area contributed by atoms with Gasteiger partial charge in [-0.1, -0.05) is 17.7 Å². The zero-order chi connectivity index (χ0) is 19.3. The molecule has 3 aromatic rings. The lowest BCUT2D eigenvalue weighted by Crippen LogP contribution is -2.39. The number of pyridine rings is 1. The van der Waals surface area contributed by atoms with Gasteiger partial charge in [0.25, 0.3) is 0 Å². The van der Waals surface area contributed by atoms with Gasteiger partial charge in [0.05, 0.1) is 0 Å². The number of hydrogen-bond donors (Lipinski definition) is 0. The number of halogens is 1. The summed E-state index contributed by atoms with van der Waals surface area (Å²) in [5, 5.41) is 1.38. The Labute approximate surface area is 166 Å². The zero-order valence-corrected chi connectivity index (χ0v) is 16.8. The molecule has 2 aromatic heterocycles. The van der Waals surface area contributed by atoms with Crippen LogP contribution in [0.25, 0.3) is 10.9 Å². The summed E-state index contributed by atoms with van der Waals surface area (Å²) < 4.78 is 15.7. The number of nitrogens with zero attached hydrogens (tertiary/aromatic N) is 3. The molecule has 4 heteroatoms. The van der Waals surface area contributed by atoms with Crippen molar-refractivity contribution >= 4 is 10.9 Å². The molecule has 1 aromatic carbocycles. The summed E-state index contributed by atoms with van der Waals surface area (Å²) in [4.78, 5) is 6.88. The van der Waals surface area contributed by atoms with Crippen molar-refractivity contribution in [2.45, 2.75) is 58.2 Å². The molecule has 1 fully saturated rings. The number of aromatic nitrogens is 2. The molecule has 2 bridgehead atoms. The molecule has 5 rings (SSSR count). The van der Waals surface area contributed by atoms with E-state index in [4.69, 9.17) is 0 Å². The first-order valence-corrected chi connectivity index (χ1v) is 10.5. The van der Waals surface area contributed by atoms with Crippen LogP contribution in [-0.4, -0.2) is 33.7 Å². The molecular weight excluding hydrogens is 349 g/mol. The van der Waals surface area contributed by atoms with Crippen LogP contribution < -0.4 is 0 Å². The van der Waals surface area contributed by atoms with Gasteiger partial charge >= 0.3 is 0 Å². The molecule has 0 amide bonds. The summed E-state index contributed by atoms with van der Waals surface area (Å²) >= 11 is 0. The molecule has 4 heterocycles. The van der Waals surface area contributed by atoms with Crippen LogP contribution in [0.15, 0.2) is 36.5 Å². The first-order valence-electron chi connectivity index (χ1n) is 10.5. The van der Waals surface area contributed by atoms with Crippen LogP contribution in [0.2, 0.25) is 0 Å². The molecule has 3 nitrogen and oxygen atoms in total. The van der Waals surface area contributed by atoms with Crippen molar-refractivity contribution in [3.63, 3.8) is 0 Å². The van der Waals surface area contributed by atoms with Crippen molar-refractivity contribution in [3.8, 4) is 0 Å². The van der Waals surface area contributed by atoms with Crippen LogP contribution in [-0.2, 0) is 19.4 Å². The Morgan fingerprint density at radius 1 is 1.11 bits per heavy atom. The van der Waals surface area contributed by atoms with Gasteiger partial charge in [-0.2, -0.15) is 0 Å². The highest BCUT2D eigenvalue weighted by Crippen LogP contribution is 2.47. The van der Waals surface area contributed by atoms with Crippen molar-refractivity contribution < 1.29 is 4.39 Å². The maximum Gasteiger partial charge on any atom is 0.102 e. The molecule has 0 saturated carbocycles. The van der Waals surface area contributed by atoms with Gasteiger partial charge in [-0.15, -0.1) is 0 Å². The number of rotatable bonds is 5. The van der Waals surface area contributed by atoms with Gasteiger partial charge in [0, 0.05) is 60.1 Å². The Kier molecular flexibility index (Phi) is 4.47. The zero-order valence-electron chi connectivity index (χ0n) is 16.8. The second-order valence-electron chi connectivity index (χ2n) is 8.47. The topological polar surface area (TPSA) is 21.1 Å². The summed E-state index contributed by atoms with van der Waals surface area (Å²) in [6, 6.07) is 12.0. The maximum absolute atomic E-state index is 13.2. The quantitative estimate of drug-likeness (QED) is 0.629. The SMILES string of the molecule is Cc1ccc2c(c1)c1c(n2CCc2ccc(C)nc2)CC2CCC1N2CCF. The van der Waals surface area contributed by atoms with Gasteiger partial charge in [-0.25, -0.2) is 4.39 Å². The Bertz CT molecular complexity index is 1000. The highest BCUT2D eigenvalue weighted by molar-refractivity contribution is 5.87. The third-order valence-electron chi connectivity index (χ3n) is 6.71. The van der Waals surface area contributed by atoms with Gasteiger partial charge in [0.2, 0.25) is 0 Å². The number of alkyl halides is 1. The monoisotopic (exact) mass is 377 g/mol. The average Bonchev–Trinajstić information content (AvgIpc) is 3.13. The van der Waals surface area contributed by atoms with Crippen LogP contribution in [0.4, 0.5) is 4.39 Å². The van der Waals surface area contributed by atoms with E-state index in [-0.39, 0.29) is 6.67 Å². The predicted molar refractivity (Wildman–Crippen MR) is 112 cm³/mol. The Hall–Kier alpha value is -2.20. The summed E-state index contributed by atoms with van der Waals surface area (Å²) in [6.07, 6.45) is 6.39. The highest BCUT2D eigenvalue weighted by Gasteiger charge is 2.42. The van der Waals surface area contributed by atoms with Crippen molar-refractivity contribution in [1.82, 2.24) is 14.5 Å². The normalized spacial score (nSPS) is 21.4. The molecule has 2 aliphatic rings. The van der Waals surface area contributed by atoms with Crippen LogP contribution >= 0.6 is 0 Å². The number of hydrogen-bond acceptors (Lipinski definition) is 2. The first kappa shape index (κ1) is 17.9. The number of aryl methyl sites for hydroxylation is 4. The van der Waals surface area contributed by atoms with E-state index in [1.807, 2.05) is 13.1 Å². The second kappa shape index (κ2) is 7.00. The summed E-state index contributed by atoms with van der Waals surface area (Å²) in [5.41, 5.74) is 7.95. The van der Waals surface area contributed by atoms with Crippen LogP contribution in [0.5, 0.6) is 0 Å². The molecule has 2 atom stereocenters. The lowest BCUT2D eigenvalue weighted by molar-refractivity contribution is 0.162. The van der Waals surface area contributed by atoms with Gasteiger partial charge < -0.3 is 4.57 Å². The van der Waals surface area contributed by atoms with Gasteiger partial charge in [0.1, 0.15) is 6.67 Å². The standard InChI is InChI=1S/C24H28FN3/c1-16-3-7-21-20(13-16)24-22-8-6-19(27(22)12-10-25)14-23(24)28(21)11-9-18-5-4-17(2)26-15-18/h3-5,7,13,15,19,22H,6,8-12,14H2,1-2H3. The molecule has 0 radical (unpaired) electrons. The minimum absolute atomic E-state index is 0.250. The predicted octanol–water partition coefficient (Wildman–Crippen LogP) is 4.93. The van der Waals surface area contributed by atoms with E-state index >= 15 is 0 Å². The summed E-state index contributed by atoms with van der Waals surface area (Å²) in [6.45, 7) is 5.49. The van der Waals surface area contributed by atoms with E-state index in [1.165, 1.54) is 39.7 Å². The van der Waals surface area contributed by atoms with Crippen molar-refractivity contribution in [1.29, 1.82) is 0 Å². The fourth-order valence-corrected chi connectivity index (χ4v) is 5.41. The van der Waals surface area contributed by atoms with Gasteiger partial charge in [-0.05, 0) is 62.4 Å². The minimum Gasteiger partial charge on any atom is -0.344 e. The van der Waals surface area contributed by atoms with Crippen molar-refractivity contribution in [3.05, 3.63) is 64.6 Å². The van der Waals surface area contributed by atoms with Gasteiger partial charge in [0.15, 0.2) is 0 Å². The molecule has 0 N–H and O–H groups in total. The fourth-order valence-electron chi connectivity index (χ4n) is 5.41. The molecule has 1 saturated heterocycles. The third kappa shape index (κ3) is 2.86. The largest absolute Gasteiger partial charge is 0.344 e. The maximum atomic E-state index is 13.2. The lowest BCUT2D eigenvalue weighted by Gasteiger charge is -2.35. The van der Waals surface area contributed by atoms with E-state index in [1.54, 1.807) is 0 Å². The Morgan fingerprint density at radius 3 is 2.79 bits per heavy atom.